The van der Waals surface area contributed by atoms with Crippen molar-refractivity contribution in [1.29, 1.82) is 0 Å². The second-order valence-electron chi connectivity index (χ2n) is 2.53. The molecule has 1 rings (SSSR count). The number of rotatable bonds is 3. The molecular formula is C9H9ClO3. The summed E-state index contributed by atoms with van der Waals surface area (Å²) < 4.78 is 5.08. The molecule has 4 heteroatoms. The predicted molar refractivity (Wildman–Crippen MR) is 49.2 cm³/mol. The number of hydrogen-bond donors (Lipinski definition) is 1. The van der Waals surface area contributed by atoms with Crippen LogP contribution in [0.2, 0.25) is 5.02 Å². The summed E-state index contributed by atoms with van der Waals surface area (Å²) in [6.07, 6.45) is -0.889. The van der Waals surface area contributed by atoms with Gasteiger partial charge in [-0.1, -0.05) is 23.7 Å². The van der Waals surface area contributed by atoms with E-state index in [2.05, 4.69) is 0 Å². The summed E-state index contributed by atoms with van der Waals surface area (Å²) in [5.74, 6) is -0.626. The first kappa shape index (κ1) is 9.86. The number of aliphatic carboxylic acids is 1. The third-order valence-electron chi connectivity index (χ3n) is 1.49. The second-order valence-corrected chi connectivity index (χ2v) is 2.94. The SMILES string of the molecule is C[C@@H](Oc1ccccc1Cl)C(=O)O. The molecule has 0 heterocycles. The van der Waals surface area contributed by atoms with Crippen molar-refractivity contribution in [2.45, 2.75) is 13.0 Å². The van der Waals surface area contributed by atoms with Crippen LogP contribution in [0.4, 0.5) is 0 Å². The molecule has 0 bridgehead atoms. The van der Waals surface area contributed by atoms with Gasteiger partial charge in [-0.05, 0) is 19.1 Å². The van der Waals surface area contributed by atoms with E-state index < -0.39 is 12.1 Å². The quantitative estimate of drug-likeness (QED) is 0.814. The average Bonchev–Trinajstić information content (AvgIpc) is 2.08. The molecule has 70 valence electrons. The molecule has 3 nitrogen and oxygen atoms in total. The van der Waals surface area contributed by atoms with Crippen LogP contribution in [0.1, 0.15) is 6.92 Å². The number of carboxylic acid groups (broad SMARTS) is 1. The molecule has 0 radical (unpaired) electrons. The molecule has 0 unspecified atom stereocenters. The Hall–Kier alpha value is -1.22. The largest absolute Gasteiger partial charge is 0.479 e. The Kier molecular flexibility index (Phi) is 3.14. The lowest BCUT2D eigenvalue weighted by Gasteiger charge is -2.10. The molecule has 1 aromatic carbocycles. The third kappa shape index (κ3) is 2.63. The molecule has 1 atom stereocenters. The van der Waals surface area contributed by atoms with E-state index in [1.807, 2.05) is 0 Å². The summed E-state index contributed by atoms with van der Waals surface area (Å²) in [4.78, 5) is 10.4. The molecule has 0 spiro atoms. The van der Waals surface area contributed by atoms with E-state index in [0.717, 1.165) is 0 Å². The van der Waals surface area contributed by atoms with Gasteiger partial charge in [-0.3, -0.25) is 0 Å². The fourth-order valence-electron chi connectivity index (χ4n) is 0.781. The fraction of sp³-hybridized carbons (Fsp3) is 0.222. The topological polar surface area (TPSA) is 46.5 Å². The van der Waals surface area contributed by atoms with E-state index in [1.54, 1.807) is 24.3 Å². The van der Waals surface area contributed by atoms with Crippen molar-refractivity contribution in [3.05, 3.63) is 29.3 Å². The summed E-state index contributed by atoms with van der Waals surface area (Å²) in [6.45, 7) is 1.45. The Morgan fingerprint density at radius 1 is 1.54 bits per heavy atom. The first-order valence-electron chi connectivity index (χ1n) is 3.75. The molecule has 1 N–H and O–H groups in total. The van der Waals surface area contributed by atoms with Crippen LogP contribution in [-0.2, 0) is 4.79 Å². The highest BCUT2D eigenvalue weighted by molar-refractivity contribution is 6.32. The number of para-hydroxylation sites is 1. The lowest BCUT2D eigenvalue weighted by Crippen LogP contribution is -2.22. The summed E-state index contributed by atoms with van der Waals surface area (Å²) in [7, 11) is 0. The Morgan fingerprint density at radius 3 is 2.69 bits per heavy atom. The molecule has 13 heavy (non-hydrogen) atoms. The van der Waals surface area contributed by atoms with Gasteiger partial charge in [0.2, 0.25) is 0 Å². The zero-order valence-corrected chi connectivity index (χ0v) is 7.78. The van der Waals surface area contributed by atoms with E-state index in [0.29, 0.717) is 10.8 Å². The van der Waals surface area contributed by atoms with Crippen molar-refractivity contribution >= 4 is 17.6 Å². The van der Waals surface area contributed by atoms with Crippen LogP contribution >= 0.6 is 11.6 Å². The Morgan fingerprint density at radius 2 is 2.15 bits per heavy atom. The van der Waals surface area contributed by atoms with Crippen LogP contribution in [-0.4, -0.2) is 17.2 Å². The number of halogens is 1. The zero-order chi connectivity index (χ0) is 9.84. The fourth-order valence-corrected chi connectivity index (χ4v) is 0.961. The normalized spacial score (nSPS) is 12.2. The van der Waals surface area contributed by atoms with Crippen LogP contribution in [0.15, 0.2) is 24.3 Å². The molecule has 1 aromatic rings. The summed E-state index contributed by atoms with van der Waals surface area (Å²) in [6, 6.07) is 6.75. The molecule has 0 aliphatic rings. The molecule has 0 amide bonds. The lowest BCUT2D eigenvalue weighted by molar-refractivity contribution is -0.144. The molecule has 0 fully saturated rings. The molecule has 0 saturated carbocycles. The summed E-state index contributed by atoms with van der Waals surface area (Å²) >= 11 is 5.76. The van der Waals surface area contributed by atoms with Gasteiger partial charge >= 0.3 is 5.97 Å². The Balaban J connectivity index is 2.74. The molecule has 0 aromatic heterocycles. The van der Waals surface area contributed by atoms with Gasteiger partial charge in [0, 0.05) is 0 Å². The van der Waals surface area contributed by atoms with Gasteiger partial charge < -0.3 is 9.84 Å². The van der Waals surface area contributed by atoms with Crippen LogP contribution in [0.25, 0.3) is 0 Å². The monoisotopic (exact) mass is 200 g/mol. The van der Waals surface area contributed by atoms with E-state index in [9.17, 15) is 4.79 Å². The first-order valence-corrected chi connectivity index (χ1v) is 4.13. The van der Waals surface area contributed by atoms with Crippen molar-refractivity contribution in [3.8, 4) is 5.75 Å². The van der Waals surface area contributed by atoms with Crippen molar-refractivity contribution in [2.75, 3.05) is 0 Å². The molecule has 0 aliphatic carbocycles. The van der Waals surface area contributed by atoms with E-state index >= 15 is 0 Å². The first-order chi connectivity index (χ1) is 6.11. The van der Waals surface area contributed by atoms with Crippen molar-refractivity contribution in [1.82, 2.24) is 0 Å². The van der Waals surface area contributed by atoms with E-state index in [-0.39, 0.29) is 0 Å². The second kappa shape index (κ2) is 4.14. The van der Waals surface area contributed by atoms with Crippen molar-refractivity contribution < 1.29 is 14.6 Å². The third-order valence-corrected chi connectivity index (χ3v) is 1.80. The van der Waals surface area contributed by atoms with Gasteiger partial charge in [-0.25, -0.2) is 4.79 Å². The average molecular weight is 201 g/mol. The van der Waals surface area contributed by atoms with E-state index in [1.165, 1.54) is 6.92 Å². The minimum atomic E-state index is -1.01. The van der Waals surface area contributed by atoms with Gasteiger partial charge in [0.1, 0.15) is 5.75 Å². The molecular weight excluding hydrogens is 192 g/mol. The lowest BCUT2D eigenvalue weighted by atomic mass is 10.3. The highest BCUT2D eigenvalue weighted by Crippen LogP contribution is 2.24. The number of carboxylic acids is 1. The van der Waals surface area contributed by atoms with Crippen molar-refractivity contribution in [2.24, 2.45) is 0 Å². The standard InChI is InChI=1S/C9H9ClO3/c1-6(9(11)12)13-8-5-3-2-4-7(8)10/h2-6H,1H3,(H,11,12)/t6-/m1/s1. The minimum Gasteiger partial charge on any atom is -0.479 e. The minimum absolute atomic E-state index is 0.388. The summed E-state index contributed by atoms with van der Waals surface area (Å²) in [5.41, 5.74) is 0. The van der Waals surface area contributed by atoms with Gasteiger partial charge in [-0.2, -0.15) is 0 Å². The van der Waals surface area contributed by atoms with Crippen LogP contribution in [0.3, 0.4) is 0 Å². The number of benzene rings is 1. The predicted octanol–water partition coefficient (Wildman–Crippen LogP) is 2.19. The van der Waals surface area contributed by atoms with Gasteiger partial charge in [0.25, 0.3) is 0 Å². The highest BCUT2D eigenvalue weighted by Gasteiger charge is 2.13. The molecule has 0 aliphatic heterocycles. The summed E-state index contributed by atoms with van der Waals surface area (Å²) in [5, 5.41) is 8.98. The zero-order valence-electron chi connectivity index (χ0n) is 7.03. The maximum Gasteiger partial charge on any atom is 0.344 e. The number of hydrogen-bond acceptors (Lipinski definition) is 2. The van der Waals surface area contributed by atoms with Gasteiger partial charge in [-0.15, -0.1) is 0 Å². The Labute approximate surface area is 80.9 Å². The van der Waals surface area contributed by atoms with Crippen LogP contribution < -0.4 is 4.74 Å². The maximum atomic E-state index is 10.4. The van der Waals surface area contributed by atoms with Crippen LogP contribution in [0.5, 0.6) is 5.75 Å². The Bertz CT molecular complexity index is 311. The smallest absolute Gasteiger partial charge is 0.344 e. The van der Waals surface area contributed by atoms with E-state index in [4.69, 9.17) is 21.4 Å². The number of carbonyl (C=O) groups is 1. The van der Waals surface area contributed by atoms with Crippen molar-refractivity contribution in [3.63, 3.8) is 0 Å². The van der Waals surface area contributed by atoms with Gasteiger partial charge in [0.15, 0.2) is 6.10 Å². The van der Waals surface area contributed by atoms with Crippen LogP contribution in [0, 0.1) is 0 Å². The number of ether oxygens (including phenoxy) is 1. The highest BCUT2D eigenvalue weighted by atomic mass is 35.5. The maximum absolute atomic E-state index is 10.4. The molecule has 0 saturated heterocycles. The van der Waals surface area contributed by atoms with Gasteiger partial charge in [0.05, 0.1) is 5.02 Å².